The molecule has 168 valence electrons. The van der Waals surface area contributed by atoms with Gasteiger partial charge in [0.05, 0.1) is 6.61 Å². The van der Waals surface area contributed by atoms with Crippen molar-refractivity contribution in [3.05, 3.63) is 0 Å². The van der Waals surface area contributed by atoms with Gasteiger partial charge in [-0.25, -0.2) is 0 Å². The second-order valence-electron chi connectivity index (χ2n) is 8.38. The fraction of sp³-hybridized carbons (Fsp3) is 1.00. The van der Waals surface area contributed by atoms with Crippen molar-refractivity contribution in [2.75, 3.05) is 13.2 Å². The number of hydrogen-bond acceptors (Lipinski definition) is 5. The lowest BCUT2D eigenvalue weighted by atomic mass is 10.0. The smallest absolute Gasteiger partial charge is 0.186 e. The molecule has 1 saturated heterocycles. The largest absolute Gasteiger partial charge is 0.394 e. The van der Waals surface area contributed by atoms with Crippen LogP contribution in [0.3, 0.4) is 0 Å². The number of aliphatic hydroxyl groups is 3. The SMILES string of the molecule is CCCCCCCCCCCCCCCCCCOC1O[C@H](CO)[C@H](O)[C@H]1O. The summed E-state index contributed by atoms with van der Waals surface area (Å²) in [5.74, 6) is 0. The first kappa shape index (κ1) is 25.8. The van der Waals surface area contributed by atoms with E-state index in [9.17, 15) is 10.2 Å². The van der Waals surface area contributed by atoms with Crippen LogP contribution in [0.25, 0.3) is 0 Å². The maximum Gasteiger partial charge on any atom is 0.186 e. The zero-order chi connectivity index (χ0) is 20.5. The first-order chi connectivity index (χ1) is 13.7. The van der Waals surface area contributed by atoms with Gasteiger partial charge < -0.3 is 24.8 Å². The molecule has 1 aliphatic heterocycles. The van der Waals surface area contributed by atoms with E-state index in [1.165, 1.54) is 89.9 Å². The molecular formula is C23H46O5. The molecule has 3 N–H and O–H groups in total. The normalized spacial score (nSPS) is 24.9. The van der Waals surface area contributed by atoms with E-state index in [1.807, 2.05) is 0 Å². The Balaban J connectivity index is 1.77. The average molecular weight is 403 g/mol. The summed E-state index contributed by atoms with van der Waals surface area (Å²) >= 11 is 0. The van der Waals surface area contributed by atoms with E-state index < -0.39 is 24.6 Å². The maximum absolute atomic E-state index is 9.78. The Morgan fingerprint density at radius 2 is 1.07 bits per heavy atom. The van der Waals surface area contributed by atoms with Crippen molar-refractivity contribution in [2.24, 2.45) is 0 Å². The van der Waals surface area contributed by atoms with Crippen molar-refractivity contribution in [1.82, 2.24) is 0 Å². The average Bonchev–Trinajstić information content (AvgIpc) is 2.98. The molecule has 0 saturated carbocycles. The van der Waals surface area contributed by atoms with Crippen molar-refractivity contribution in [1.29, 1.82) is 0 Å². The van der Waals surface area contributed by atoms with Gasteiger partial charge in [0.2, 0.25) is 0 Å². The van der Waals surface area contributed by atoms with Crippen molar-refractivity contribution in [3.63, 3.8) is 0 Å². The second kappa shape index (κ2) is 17.6. The zero-order valence-corrected chi connectivity index (χ0v) is 18.2. The predicted octanol–water partition coefficient (Wildman–Crippen LogP) is 4.70. The molecule has 5 heteroatoms. The summed E-state index contributed by atoms with van der Waals surface area (Å²) in [7, 11) is 0. The molecule has 1 fully saturated rings. The van der Waals surface area contributed by atoms with Crippen LogP contribution < -0.4 is 0 Å². The molecule has 1 heterocycles. The minimum absolute atomic E-state index is 0.308. The molecule has 0 aromatic heterocycles. The summed E-state index contributed by atoms with van der Waals surface area (Å²) in [6, 6.07) is 0. The van der Waals surface area contributed by atoms with Gasteiger partial charge in [0, 0.05) is 6.61 Å². The van der Waals surface area contributed by atoms with Crippen LogP contribution in [0.1, 0.15) is 110 Å². The van der Waals surface area contributed by atoms with Crippen LogP contribution in [0.5, 0.6) is 0 Å². The zero-order valence-electron chi connectivity index (χ0n) is 18.2. The van der Waals surface area contributed by atoms with E-state index in [0.29, 0.717) is 6.61 Å². The number of aliphatic hydroxyl groups excluding tert-OH is 3. The summed E-state index contributed by atoms with van der Waals surface area (Å²) in [6.07, 6.45) is 17.6. The lowest BCUT2D eigenvalue weighted by molar-refractivity contribution is -0.169. The quantitative estimate of drug-likeness (QED) is 0.273. The molecular weight excluding hydrogens is 356 g/mol. The van der Waals surface area contributed by atoms with Gasteiger partial charge in [-0.15, -0.1) is 0 Å². The molecule has 1 unspecified atom stereocenters. The third kappa shape index (κ3) is 11.7. The Morgan fingerprint density at radius 3 is 1.46 bits per heavy atom. The first-order valence-electron chi connectivity index (χ1n) is 11.9. The van der Waals surface area contributed by atoms with Crippen molar-refractivity contribution < 1.29 is 24.8 Å². The number of ether oxygens (including phenoxy) is 2. The van der Waals surface area contributed by atoms with Gasteiger partial charge in [-0.1, -0.05) is 103 Å². The molecule has 4 atom stereocenters. The number of unbranched alkanes of at least 4 members (excludes halogenated alkanes) is 15. The van der Waals surface area contributed by atoms with Gasteiger partial charge in [-0.2, -0.15) is 0 Å². The Hall–Kier alpha value is -0.200. The Kier molecular flexibility index (Phi) is 16.3. The van der Waals surface area contributed by atoms with Crippen molar-refractivity contribution >= 4 is 0 Å². The van der Waals surface area contributed by atoms with Gasteiger partial charge >= 0.3 is 0 Å². The van der Waals surface area contributed by atoms with Crippen LogP contribution in [0.15, 0.2) is 0 Å². The van der Waals surface area contributed by atoms with Gasteiger partial charge in [0.25, 0.3) is 0 Å². The van der Waals surface area contributed by atoms with Gasteiger partial charge in [-0.05, 0) is 6.42 Å². The molecule has 0 radical (unpaired) electrons. The molecule has 0 aliphatic carbocycles. The fourth-order valence-corrected chi connectivity index (χ4v) is 3.85. The van der Waals surface area contributed by atoms with Crippen LogP contribution in [0, 0.1) is 0 Å². The van der Waals surface area contributed by atoms with E-state index in [-0.39, 0.29) is 6.61 Å². The van der Waals surface area contributed by atoms with Crippen LogP contribution >= 0.6 is 0 Å². The highest BCUT2D eigenvalue weighted by molar-refractivity contribution is 4.86. The van der Waals surface area contributed by atoms with Crippen LogP contribution in [0.4, 0.5) is 0 Å². The third-order valence-electron chi connectivity index (χ3n) is 5.78. The molecule has 0 bridgehead atoms. The minimum Gasteiger partial charge on any atom is -0.394 e. The Bertz CT molecular complexity index is 339. The second-order valence-corrected chi connectivity index (χ2v) is 8.38. The number of rotatable bonds is 19. The highest BCUT2D eigenvalue weighted by Gasteiger charge is 2.42. The van der Waals surface area contributed by atoms with E-state index in [1.54, 1.807) is 0 Å². The summed E-state index contributed by atoms with van der Waals surface area (Å²) in [4.78, 5) is 0. The van der Waals surface area contributed by atoms with E-state index in [4.69, 9.17) is 14.6 Å². The van der Waals surface area contributed by atoms with Gasteiger partial charge in [0.1, 0.15) is 18.3 Å². The lowest BCUT2D eigenvalue weighted by Crippen LogP contribution is -2.34. The lowest BCUT2D eigenvalue weighted by Gasteiger charge is -2.15. The number of hydrogen-bond donors (Lipinski definition) is 3. The maximum atomic E-state index is 9.78. The van der Waals surface area contributed by atoms with Gasteiger partial charge in [0.15, 0.2) is 6.29 Å². The fourth-order valence-electron chi connectivity index (χ4n) is 3.85. The topological polar surface area (TPSA) is 79.2 Å². The molecule has 0 aromatic carbocycles. The van der Waals surface area contributed by atoms with E-state index in [2.05, 4.69) is 6.92 Å². The van der Waals surface area contributed by atoms with E-state index >= 15 is 0 Å². The first-order valence-corrected chi connectivity index (χ1v) is 11.9. The van der Waals surface area contributed by atoms with Gasteiger partial charge in [-0.3, -0.25) is 0 Å². The Labute approximate surface area is 172 Å². The minimum atomic E-state index is -1.07. The highest BCUT2D eigenvalue weighted by Crippen LogP contribution is 2.22. The monoisotopic (exact) mass is 402 g/mol. The van der Waals surface area contributed by atoms with Crippen molar-refractivity contribution in [2.45, 2.75) is 134 Å². The van der Waals surface area contributed by atoms with Crippen molar-refractivity contribution in [3.8, 4) is 0 Å². The molecule has 1 aliphatic rings. The van der Waals surface area contributed by atoms with Crippen LogP contribution in [-0.4, -0.2) is 53.1 Å². The highest BCUT2D eigenvalue weighted by atomic mass is 16.7. The van der Waals surface area contributed by atoms with Crippen LogP contribution in [-0.2, 0) is 9.47 Å². The summed E-state index contributed by atoms with van der Waals surface area (Å²) < 4.78 is 10.8. The molecule has 5 nitrogen and oxygen atoms in total. The molecule has 0 amide bonds. The molecule has 28 heavy (non-hydrogen) atoms. The third-order valence-corrected chi connectivity index (χ3v) is 5.78. The molecule has 0 aromatic rings. The predicted molar refractivity (Wildman–Crippen MR) is 113 cm³/mol. The summed E-state index contributed by atoms with van der Waals surface area (Å²) in [5.41, 5.74) is 0. The summed E-state index contributed by atoms with van der Waals surface area (Å²) in [6.45, 7) is 2.48. The molecule has 0 spiro atoms. The Morgan fingerprint density at radius 1 is 0.643 bits per heavy atom. The summed E-state index contributed by atoms with van der Waals surface area (Å²) in [5, 5.41) is 28.5. The molecule has 1 rings (SSSR count). The van der Waals surface area contributed by atoms with E-state index in [0.717, 1.165) is 12.8 Å². The standard InChI is InChI=1S/C23H46O5/c1-2-3-4-5-6-7-8-9-10-11-12-13-14-15-16-17-18-27-23-22(26)21(25)20(19-24)28-23/h20-26H,2-19H2,1H3/t20-,21+,22-,23?/m1/s1. The van der Waals surface area contributed by atoms with Crippen LogP contribution in [0.2, 0.25) is 0 Å².